The van der Waals surface area contributed by atoms with E-state index in [0.29, 0.717) is 66.5 Å². The first-order valence-electron chi connectivity index (χ1n) is 14.0. The lowest BCUT2D eigenvalue weighted by atomic mass is 10.1. The number of hydrazine groups is 1. The van der Waals surface area contributed by atoms with E-state index >= 15 is 0 Å². The first kappa shape index (κ1) is 29.2. The molecule has 0 atom stereocenters. The second-order valence-electron chi connectivity index (χ2n) is 10.7. The van der Waals surface area contributed by atoms with Crippen molar-refractivity contribution in [2.45, 2.75) is 20.4 Å². The number of rotatable bonds is 6. The maximum atomic E-state index is 13.6. The van der Waals surface area contributed by atoms with Crippen molar-refractivity contribution >= 4 is 56.2 Å². The monoisotopic (exact) mass is 656 g/mol. The summed E-state index contributed by atoms with van der Waals surface area (Å²) in [5.74, 6) is -0.472. The van der Waals surface area contributed by atoms with E-state index in [0.717, 1.165) is 20.4 Å². The summed E-state index contributed by atoms with van der Waals surface area (Å²) in [6, 6.07) is 16.1. The number of nitrogens with one attached hydrogen (secondary N) is 1. The van der Waals surface area contributed by atoms with E-state index in [9.17, 15) is 19.2 Å². The number of hydrogen-bond donors (Lipinski definition) is 2. The van der Waals surface area contributed by atoms with E-state index in [2.05, 4.69) is 36.2 Å². The van der Waals surface area contributed by atoms with Crippen molar-refractivity contribution in [2.24, 2.45) is 0 Å². The van der Waals surface area contributed by atoms with Crippen molar-refractivity contribution in [1.29, 1.82) is 0 Å². The highest BCUT2D eigenvalue weighted by molar-refractivity contribution is 9.10. The first-order valence-corrected chi connectivity index (χ1v) is 14.8. The average Bonchev–Trinajstić information content (AvgIpc) is 3.19. The molecule has 2 aliphatic rings. The third-order valence-electron chi connectivity index (χ3n) is 7.97. The average molecular weight is 658 g/mol. The molecule has 6 rings (SSSR count). The fraction of sp³-hybridized carbons (Fsp3) is 0.226. The molecule has 0 unspecified atom stereocenters. The zero-order valence-electron chi connectivity index (χ0n) is 24.1. The fourth-order valence-electron chi connectivity index (χ4n) is 5.41. The van der Waals surface area contributed by atoms with Gasteiger partial charge in [-0.3, -0.25) is 29.3 Å². The van der Waals surface area contributed by atoms with Crippen molar-refractivity contribution in [2.75, 3.05) is 37.3 Å². The van der Waals surface area contributed by atoms with Gasteiger partial charge in [0, 0.05) is 59.9 Å². The second-order valence-corrected chi connectivity index (χ2v) is 11.6. The number of piperazine rings is 1. The van der Waals surface area contributed by atoms with Gasteiger partial charge in [-0.2, -0.15) is 9.99 Å². The smallest absolute Gasteiger partial charge is 0.354 e. The SMILES string of the molecule is CC1=C(C)C(=O)N(Nc2cc(CN3CCN(C(=O)c4ccccc4-n4ccc(N)nc4=O)CC3)c3ccc(Br)cc3n2)C1=O. The number of hydrogen-bond acceptors (Lipinski definition) is 9. The number of anilines is 2. The predicted octanol–water partition coefficient (Wildman–Crippen LogP) is 3.12. The molecule has 44 heavy (non-hydrogen) atoms. The van der Waals surface area contributed by atoms with E-state index in [4.69, 9.17) is 5.73 Å². The van der Waals surface area contributed by atoms with Crippen LogP contribution in [0.1, 0.15) is 29.8 Å². The molecule has 0 saturated carbocycles. The number of pyridine rings is 1. The molecule has 224 valence electrons. The lowest BCUT2D eigenvalue weighted by Gasteiger charge is -2.35. The number of para-hydroxylation sites is 1. The number of carbonyl (C=O) groups is 3. The molecule has 0 spiro atoms. The Morgan fingerprint density at radius 1 is 0.932 bits per heavy atom. The van der Waals surface area contributed by atoms with Gasteiger partial charge >= 0.3 is 5.69 Å². The van der Waals surface area contributed by atoms with E-state index in [1.165, 1.54) is 16.8 Å². The normalized spacial score (nSPS) is 15.9. The number of carbonyl (C=O) groups excluding carboxylic acids is 3. The lowest BCUT2D eigenvalue weighted by Crippen LogP contribution is -2.48. The van der Waals surface area contributed by atoms with E-state index in [1.807, 2.05) is 24.3 Å². The highest BCUT2D eigenvalue weighted by atomic mass is 79.9. The van der Waals surface area contributed by atoms with E-state index < -0.39 is 17.5 Å². The van der Waals surface area contributed by atoms with Crippen LogP contribution in [-0.2, 0) is 16.1 Å². The fourth-order valence-corrected chi connectivity index (χ4v) is 5.76. The third-order valence-corrected chi connectivity index (χ3v) is 8.46. The summed E-state index contributed by atoms with van der Waals surface area (Å²) in [6.07, 6.45) is 1.52. The summed E-state index contributed by atoms with van der Waals surface area (Å²) in [5.41, 5.74) is 11.3. The molecule has 0 radical (unpaired) electrons. The van der Waals surface area contributed by atoms with Crippen molar-refractivity contribution in [1.82, 2.24) is 29.3 Å². The van der Waals surface area contributed by atoms with Crippen LogP contribution in [0.25, 0.3) is 16.6 Å². The van der Waals surface area contributed by atoms with Gasteiger partial charge in [-0.05, 0) is 55.8 Å². The van der Waals surface area contributed by atoms with Gasteiger partial charge in [-0.25, -0.2) is 9.78 Å². The molecular weight excluding hydrogens is 628 g/mol. The number of nitrogen functional groups attached to an aromatic ring is 1. The largest absolute Gasteiger partial charge is 0.383 e. The van der Waals surface area contributed by atoms with Crippen molar-refractivity contribution < 1.29 is 14.4 Å². The van der Waals surface area contributed by atoms with Crippen LogP contribution in [0.5, 0.6) is 0 Å². The van der Waals surface area contributed by atoms with Crippen LogP contribution in [0.15, 0.2) is 81.2 Å². The Balaban J connectivity index is 1.20. The molecule has 1 fully saturated rings. The van der Waals surface area contributed by atoms with Crippen LogP contribution in [0.2, 0.25) is 0 Å². The van der Waals surface area contributed by atoms with Gasteiger partial charge in [0.2, 0.25) is 0 Å². The lowest BCUT2D eigenvalue weighted by molar-refractivity contribution is -0.135. The molecule has 13 heteroatoms. The summed E-state index contributed by atoms with van der Waals surface area (Å²) in [6.45, 7) is 6.04. The molecule has 3 N–H and O–H groups in total. The number of aromatic nitrogens is 3. The standard InChI is InChI=1S/C31H29BrN8O4/c1-18-19(2)29(42)40(28(18)41)36-27-15-20(22-8-7-21(32)16-24(22)34-27)17-37-11-13-38(14-12-37)30(43)23-5-3-4-6-25(23)39-10-9-26(33)35-31(39)44/h3-10,15-16H,11-14,17H2,1-2H3,(H,34,36)(H2,33,35,44). The van der Waals surface area contributed by atoms with Crippen LogP contribution >= 0.6 is 15.9 Å². The molecule has 2 aliphatic heterocycles. The second kappa shape index (κ2) is 11.7. The van der Waals surface area contributed by atoms with Gasteiger partial charge in [-0.1, -0.05) is 34.1 Å². The zero-order chi connectivity index (χ0) is 31.1. The molecule has 12 nitrogen and oxygen atoms in total. The van der Waals surface area contributed by atoms with Crippen LogP contribution in [0.4, 0.5) is 11.6 Å². The minimum Gasteiger partial charge on any atom is -0.383 e. The first-order chi connectivity index (χ1) is 21.1. The van der Waals surface area contributed by atoms with Crippen LogP contribution in [0, 0.1) is 0 Å². The number of nitrogens with two attached hydrogens (primary N) is 1. The molecule has 4 heterocycles. The number of fused-ring (bicyclic) bond motifs is 1. The number of imide groups is 1. The maximum Gasteiger partial charge on any atom is 0.354 e. The van der Waals surface area contributed by atoms with Gasteiger partial charge < -0.3 is 10.6 Å². The van der Waals surface area contributed by atoms with E-state index in [-0.39, 0.29) is 11.7 Å². The highest BCUT2D eigenvalue weighted by Crippen LogP contribution is 2.28. The van der Waals surface area contributed by atoms with Gasteiger partial charge in [0.05, 0.1) is 16.8 Å². The van der Waals surface area contributed by atoms with E-state index in [1.54, 1.807) is 43.0 Å². The van der Waals surface area contributed by atoms with Crippen LogP contribution < -0.4 is 16.8 Å². The Morgan fingerprint density at radius 3 is 2.34 bits per heavy atom. The summed E-state index contributed by atoms with van der Waals surface area (Å²) >= 11 is 3.51. The molecule has 0 bridgehead atoms. The molecule has 2 aromatic heterocycles. The number of amides is 3. The molecule has 3 amide bonds. The van der Waals surface area contributed by atoms with Crippen LogP contribution in [0.3, 0.4) is 0 Å². The number of halogens is 1. The number of benzene rings is 2. The molecular formula is C31H29BrN8O4. The number of nitrogens with zero attached hydrogens (tertiary/aromatic N) is 6. The van der Waals surface area contributed by atoms with Crippen molar-refractivity contribution in [3.63, 3.8) is 0 Å². The topological polar surface area (TPSA) is 147 Å². The highest BCUT2D eigenvalue weighted by Gasteiger charge is 2.34. The Hall–Kier alpha value is -4.88. The summed E-state index contributed by atoms with van der Waals surface area (Å²) in [7, 11) is 0. The molecule has 0 aliphatic carbocycles. The molecule has 1 saturated heterocycles. The van der Waals surface area contributed by atoms with Crippen molar-refractivity contribution in [3.8, 4) is 5.69 Å². The Labute approximate surface area is 260 Å². The Kier molecular flexibility index (Phi) is 7.74. The van der Waals surface area contributed by atoms with Gasteiger partial charge in [0.1, 0.15) is 11.6 Å². The minimum absolute atomic E-state index is 0.115. The summed E-state index contributed by atoms with van der Waals surface area (Å²) in [5, 5.41) is 1.94. The van der Waals surface area contributed by atoms with Gasteiger partial charge in [0.25, 0.3) is 17.7 Å². The van der Waals surface area contributed by atoms with Gasteiger partial charge in [-0.15, -0.1) is 0 Å². The predicted molar refractivity (Wildman–Crippen MR) is 169 cm³/mol. The molecule has 4 aromatic rings. The minimum atomic E-state index is -0.555. The quantitative estimate of drug-likeness (QED) is 0.299. The van der Waals surface area contributed by atoms with Crippen LogP contribution in [-0.4, -0.2) is 73.2 Å². The summed E-state index contributed by atoms with van der Waals surface area (Å²) < 4.78 is 2.17. The molecule has 2 aromatic carbocycles. The maximum absolute atomic E-state index is 13.6. The zero-order valence-corrected chi connectivity index (χ0v) is 25.7. The van der Waals surface area contributed by atoms with Crippen molar-refractivity contribution in [3.05, 3.63) is 98.0 Å². The van der Waals surface area contributed by atoms with Gasteiger partial charge in [0.15, 0.2) is 0 Å². The third kappa shape index (κ3) is 5.47. The Bertz CT molecular complexity index is 1910. The summed E-state index contributed by atoms with van der Waals surface area (Å²) in [4.78, 5) is 63.9. The Morgan fingerprint density at radius 2 is 1.64 bits per heavy atom.